The minimum absolute atomic E-state index is 0.317. The van der Waals surface area contributed by atoms with Crippen molar-refractivity contribution in [3.63, 3.8) is 0 Å². The first-order valence-corrected chi connectivity index (χ1v) is 4.51. The first-order chi connectivity index (χ1) is 6.81. The van der Waals surface area contributed by atoms with E-state index in [0.29, 0.717) is 23.4 Å². The van der Waals surface area contributed by atoms with E-state index in [9.17, 15) is 0 Å². The van der Waals surface area contributed by atoms with Crippen molar-refractivity contribution in [1.29, 1.82) is 0 Å². The normalized spacial score (nSPS) is 10.7. The highest BCUT2D eigenvalue weighted by molar-refractivity contribution is 6.31. The van der Waals surface area contributed by atoms with Crippen LogP contribution in [0.4, 0.5) is 0 Å². The van der Waals surface area contributed by atoms with Gasteiger partial charge in [0.1, 0.15) is 0 Å². The van der Waals surface area contributed by atoms with E-state index in [-0.39, 0.29) is 0 Å². The molecule has 0 amide bonds. The van der Waals surface area contributed by atoms with Gasteiger partial charge >= 0.3 is 0 Å². The lowest BCUT2D eigenvalue weighted by Crippen LogP contribution is -2.04. The summed E-state index contributed by atoms with van der Waals surface area (Å²) in [4.78, 5) is 4.07. The number of aromatic nitrogens is 1. The summed E-state index contributed by atoms with van der Waals surface area (Å²) in [6.45, 7) is 0.593. The van der Waals surface area contributed by atoms with Gasteiger partial charge in [0.05, 0.1) is 24.6 Å². The van der Waals surface area contributed by atoms with Crippen molar-refractivity contribution in [2.45, 2.75) is 6.54 Å². The van der Waals surface area contributed by atoms with E-state index in [4.69, 9.17) is 20.4 Å². The first kappa shape index (κ1) is 9.30. The van der Waals surface area contributed by atoms with Crippen LogP contribution in [0.3, 0.4) is 0 Å². The molecule has 1 N–H and O–H groups in total. The maximum atomic E-state index is 5.79. The zero-order valence-corrected chi connectivity index (χ0v) is 8.34. The third kappa shape index (κ3) is 1.66. The van der Waals surface area contributed by atoms with Gasteiger partial charge in [0, 0.05) is 0 Å². The third-order valence-electron chi connectivity index (χ3n) is 1.77. The molecule has 0 saturated heterocycles. The standard InChI is InChI=1S/C9H9ClN2O2/c1-11-5-8-12-4-7(14-8)6-2-3-13-9(6)10/h2-4,11H,5H2,1H3. The molecular formula is C9H9ClN2O2. The molecule has 5 heteroatoms. The smallest absolute Gasteiger partial charge is 0.208 e. The van der Waals surface area contributed by atoms with Gasteiger partial charge in [-0.15, -0.1) is 0 Å². The van der Waals surface area contributed by atoms with Gasteiger partial charge in [0.2, 0.25) is 11.1 Å². The molecule has 0 bridgehead atoms. The molecule has 0 aromatic carbocycles. The van der Waals surface area contributed by atoms with Crippen molar-refractivity contribution in [3.8, 4) is 11.3 Å². The van der Waals surface area contributed by atoms with E-state index in [1.165, 1.54) is 6.26 Å². The molecule has 2 aromatic rings. The molecule has 0 unspecified atom stereocenters. The van der Waals surface area contributed by atoms with Crippen LogP contribution in [0, 0.1) is 0 Å². The zero-order valence-electron chi connectivity index (χ0n) is 7.58. The molecule has 0 radical (unpaired) electrons. The molecule has 0 aliphatic rings. The van der Waals surface area contributed by atoms with Gasteiger partial charge in [-0.1, -0.05) is 0 Å². The van der Waals surface area contributed by atoms with E-state index in [0.717, 1.165) is 5.56 Å². The van der Waals surface area contributed by atoms with Gasteiger partial charge < -0.3 is 14.2 Å². The van der Waals surface area contributed by atoms with Crippen molar-refractivity contribution in [3.05, 3.63) is 29.6 Å². The molecule has 74 valence electrons. The molecule has 2 rings (SSSR count). The van der Waals surface area contributed by atoms with E-state index in [1.807, 2.05) is 7.05 Å². The Hall–Kier alpha value is -1.26. The Bertz CT molecular complexity index is 422. The van der Waals surface area contributed by atoms with Gasteiger partial charge in [-0.2, -0.15) is 0 Å². The van der Waals surface area contributed by atoms with E-state index >= 15 is 0 Å². The second-order valence-electron chi connectivity index (χ2n) is 2.76. The van der Waals surface area contributed by atoms with Crippen molar-refractivity contribution >= 4 is 11.6 Å². The Labute approximate surface area is 85.9 Å². The van der Waals surface area contributed by atoms with Crippen molar-refractivity contribution < 1.29 is 8.83 Å². The highest BCUT2D eigenvalue weighted by atomic mass is 35.5. The first-order valence-electron chi connectivity index (χ1n) is 4.14. The molecule has 2 heterocycles. The zero-order chi connectivity index (χ0) is 9.97. The highest BCUT2D eigenvalue weighted by Crippen LogP contribution is 2.28. The number of oxazole rings is 1. The fourth-order valence-electron chi connectivity index (χ4n) is 1.14. The molecule has 0 atom stereocenters. The summed E-state index contributed by atoms with van der Waals surface area (Å²) in [6.07, 6.45) is 3.14. The third-order valence-corrected chi connectivity index (χ3v) is 2.06. The monoisotopic (exact) mass is 212 g/mol. The van der Waals surface area contributed by atoms with Gasteiger partial charge in [-0.3, -0.25) is 0 Å². The predicted octanol–water partition coefficient (Wildman–Crippen LogP) is 2.31. The van der Waals surface area contributed by atoms with E-state index < -0.39 is 0 Å². The minimum Gasteiger partial charge on any atom is -0.452 e. The molecule has 0 saturated carbocycles. The van der Waals surface area contributed by atoms with Gasteiger partial charge in [-0.25, -0.2) is 4.98 Å². The van der Waals surface area contributed by atoms with Crippen LogP contribution in [0.5, 0.6) is 0 Å². The molecule has 2 aromatic heterocycles. The Morgan fingerprint density at radius 1 is 1.57 bits per heavy atom. The molecule has 0 aliphatic carbocycles. The van der Waals surface area contributed by atoms with Crippen LogP contribution >= 0.6 is 11.6 Å². The summed E-state index contributed by atoms with van der Waals surface area (Å²) in [6, 6.07) is 1.74. The number of rotatable bonds is 3. The Morgan fingerprint density at radius 2 is 2.43 bits per heavy atom. The van der Waals surface area contributed by atoms with Crippen LogP contribution < -0.4 is 5.32 Å². The van der Waals surface area contributed by atoms with Crippen molar-refractivity contribution in [1.82, 2.24) is 10.3 Å². The van der Waals surface area contributed by atoms with Crippen LogP contribution in [0.25, 0.3) is 11.3 Å². The number of hydrogen-bond acceptors (Lipinski definition) is 4. The number of nitrogens with one attached hydrogen (secondary N) is 1. The lowest BCUT2D eigenvalue weighted by Gasteiger charge is -1.92. The molecule has 0 aliphatic heterocycles. The van der Waals surface area contributed by atoms with Crippen LogP contribution in [-0.4, -0.2) is 12.0 Å². The maximum Gasteiger partial charge on any atom is 0.208 e. The van der Waals surface area contributed by atoms with Crippen LogP contribution in [0.2, 0.25) is 5.22 Å². The second-order valence-corrected chi connectivity index (χ2v) is 3.10. The van der Waals surface area contributed by atoms with E-state index in [1.54, 1.807) is 12.3 Å². The molecule has 0 fully saturated rings. The number of furan rings is 1. The molecule has 4 nitrogen and oxygen atoms in total. The summed E-state index contributed by atoms with van der Waals surface area (Å²) in [7, 11) is 1.83. The molecule has 0 spiro atoms. The van der Waals surface area contributed by atoms with E-state index in [2.05, 4.69) is 10.3 Å². The van der Waals surface area contributed by atoms with Crippen LogP contribution in [0.1, 0.15) is 5.89 Å². The summed E-state index contributed by atoms with van der Waals surface area (Å²) >= 11 is 5.79. The summed E-state index contributed by atoms with van der Waals surface area (Å²) in [5, 5.41) is 3.26. The van der Waals surface area contributed by atoms with Crippen molar-refractivity contribution in [2.24, 2.45) is 0 Å². The quantitative estimate of drug-likeness (QED) is 0.848. The lowest BCUT2D eigenvalue weighted by atomic mass is 10.3. The summed E-state index contributed by atoms with van der Waals surface area (Å²) < 4.78 is 10.4. The lowest BCUT2D eigenvalue weighted by molar-refractivity contribution is 0.490. The number of halogens is 1. The highest BCUT2D eigenvalue weighted by Gasteiger charge is 2.11. The summed E-state index contributed by atoms with van der Waals surface area (Å²) in [5.74, 6) is 1.24. The average molecular weight is 213 g/mol. The SMILES string of the molecule is CNCc1ncc(-c2ccoc2Cl)o1. The van der Waals surface area contributed by atoms with Crippen LogP contribution in [-0.2, 0) is 6.54 Å². The topological polar surface area (TPSA) is 51.2 Å². The molecule has 14 heavy (non-hydrogen) atoms. The Morgan fingerprint density at radius 3 is 3.07 bits per heavy atom. The molecular weight excluding hydrogens is 204 g/mol. The Balaban J connectivity index is 2.29. The second kappa shape index (κ2) is 3.86. The number of nitrogens with zero attached hydrogens (tertiary/aromatic N) is 1. The number of hydrogen-bond donors (Lipinski definition) is 1. The fraction of sp³-hybridized carbons (Fsp3) is 0.222. The largest absolute Gasteiger partial charge is 0.452 e. The fourth-order valence-corrected chi connectivity index (χ4v) is 1.35. The summed E-state index contributed by atoms with van der Waals surface area (Å²) in [5.41, 5.74) is 0.724. The predicted molar refractivity (Wildman–Crippen MR) is 52.0 cm³/mol. The Kier molecular flexibility index (Phi) is 2.56. The van der Waals surface area contributed by atoms with Crippen molar-refractivity contribution in [2.75, 3.05) is 7.05 Å². The van der Waals surface area contributed by atoms with Gasteiger partial charge in [0.25, 0.3) is 0 Å². The van der Waals surface area contributed by atoms with Gasteiger partial charge in [-0.05, 0) is 24.7 Å². The van der Waals surface area contributed by atoms with Crippen LogP contribution in [0.15, 0.2) is 27.4 Å². The van der Waals surface area contributed by atoms with Gasteiger partial charge in [0.15, 0.2) is 5.76 Å². The maximum absolute atomic E-state index is 5.79. The average Bonchev–Trinajstić information content (AvgIpc) is 2.74. The minimum atomic E-state index is 0.317.